The summed E-state index contributed by atoms with van der Waals surface area (Å²) >= 11 is 1.83. The topological polar surface area (TPSA) is 47.0 Å². The van der Waals surface area contributed by atoms with Crippen LogP contribution in [0.4, 0.5) is 19.0 Å². The van der Waals surface area contributed by atoms with Gasteiger partial charge in [-0.25, -0.2) is 9.97 Å². The lowest BCUT2D eigenvalue weighted by Gasteiger charge is -2.12. The van der Waals surface area contributed by atoms with Gasteiger partial charge in [-0.3, -0.25) is 0 Å². The van der Waals surface area contributed by atoms with Crippen LogP contribution in [0, 0.1) is 0 Å². The Labute approximate surface area is 100.0 Å². The second-order valence-corrected chi connectivity index (χ2v) is 4.64. The van der Waals surface area contributed by atoms with E-state index in [2.05, 4.69) is 20.0 Å². The van der Waals surface area contributed by atoms with Crippen LogP contribution in [0.25, 0.3) is 0 Å². The number of thioether (sulfide) groups is 1. The highest BCUT2D eigenvalue weighted by atomic mass is 32.2. The summed E-state index contributed by atoms with van der Waals surface area (Å²) in [6.45, 7) is 0. The molecule has 0 radical (unpaired) electrons. The van der Waals surface area contributed by atoms with E-state index in [0.29, 0.717) is 11.9 Å². The Hall–Kier alpha value is -1.18. The van der Waals surface area contributed by atoms with E-state index >= 15 is 0 Å². The van der Waals surface area contributed by atoms with Crippen LogP contribution in [0.3, 0.4) is 0 Å². The molecule has 1 aliphatic heterocycles. The van der Waals surface area contributed by atoms with Crippen molar-refractivity contribution in [2.45, 2.75) is 18.8 Å². The highest BCUT2D eigenvalue weighted by molar-refractivity contribution is 7.99. The van der Waals surface area contributed by atoms with Crippen LogP contribution in [0.2, 0.25) is 0 Å². The van der Waals surface area contributed by atoms with E-state index in [1.165, 1.54) is 6.20 Å². The summed E-state index contributed by atoms with van der Waals surface area (Å²) in [5, 5.41) is 3.10. The molecule has 1 aromatic heterocycles. The number of hydrogen-bond acceptors (Lipinski definition) is 5. The maximum absolute atomic E-state index is 11.9. The van der Waals surface area contributed by atoms with Crippen LogP contribution in [0.15, 0.2) is 12.4 Å². The highest BCUT2D eigenvalue weighted by Crippen LogP contribution is 2.22. The van der Waals surface area contributed by atoms with Crippen LogP contribution in [0.5, 0.6) is 5.88 Å². The zero-order valence-corrected chi connectivity index (χ0v) is 9.51. The van der Waals surface area contributed by atoms with Gasteiger partial charge in [0, 0.05) is 11.8 Å². The number of ether oxygens (including phenoxy) is 1. The standard InChI is InChI=1S/C9H10F3N3OS/c10-9(11,12)16-8-4-13-7(3-14-8)15-6-1-2-17-5-6/h3-4,6H,1-2,5H2,(H,13,15). The predicted octanol–water partition coefficient (Wildman–Crippen LogP) is 2.29. The van der Waals surface area contributed by atoms with E-state index in [-0.39, 0.29) is 0 Å². The number of nitrogens with zero attached hydrogens (tertiary/aromatic N) is 2. The van der Waals surface area contributed by atoms with Gasteiger partial charge in [-0.2, -0.15) is 11.8 Å². The molecule has 0 aromatic carbocycles. The summed E-state index contributed by atoms with van der Waals surface area (Å²) in [4.78, 5) is 7.35. The molecule has 4 nitrogen and oxygen atoms in total. The van der Waals surface area contributed by atoms with Gasteiger partial charge in [-0.15, -0.1) is 13.2 Å². The Balaban J connectivity index is 1.93. The summed E-state index contributed by atoms with van der Waals surface area (Å²) < 4.78 is 39.2. The van der Waals surface area contributed by atoms with Crippen molar-refractivity contribution in [3.8, 4) is 5.88 Å². The van der Waals surface area contributed by atoms with Gasteiger partial charge in [0.1, 0.15) is 5.82 Å². The predicted molar refractivity (Wildman–Crippen MR) is 58.1 cm³/mol. The number of alkyl halides is 3. The second kappa shape index (κ2) is 4.99. The molecule has 0 spiro atoms. The SMILES string of the molecule is FC(F)(F)Oc1cnc(NC2CCSC2)cn1. The lowest BCUT2D eigenvalue weighted by Crippen LogP contribution is -2.20. The van der Waals surface area contributed by atoms with E-state index in [1.807, 2.05) is 11.8 Å². The molecule has 1 saturated heterocycles. The second-order valence-electron chi connectivity index (χ2n) is 3.49. The number of hydrogen-bond donors (Lipinski definition) is 1. The van der Waals surface area contributed by atoms with Crippen molar-refractivity contribution >= 4 is 17.6 Å². The third kappa shape index (κ3) is 3.95. The fourth-order valence-corrected chi connectivity index (χ4v) is 2.57. The van der Waals surface area contributed by atoms with Gasteiger partial charge in [-0.1, -0.05) is 0 Å². The molecule has 1 aromatic rings. The van der Waals surface area contributed by atoms with Gasteiger partial charge in [0.25, 0.3) is 0 Å². The van der Waals surface area contributed by atoms with E-state index in [4.69, 9.17) is 0 Å². The number of aromatic nitrogens is 2. The lowest BCUT2D eigenvalue weighted by atomic mass is 10.3. The summed E-state index contributed by atoms with van der Waals surface area (Å²) in [5.41, 5.74) is 0. The molecule has 1 fully saturated rings. The smallest absolute Gasteiger partial charge is 0.386 e. The first-order valence-electron chi connectivity index (χ1n) is 4.95. The van der Waals surface area contributed by atoms with E-state index in [0.717, 1.165) is 24.1 Å². The summed E-state index contributed by atoms with van der Waals surface area (Å²) in [6.07, 6.45) is -1.51. The first-order valence-corrected chi connectivity index (χ1v) is 6.10. The molecule has 0 saturated carbocycles. The van der Waals surface area contributed by atoms with E-state index in [9.17, 15) is 13.2 Å². The van der Waals surface area contributed by atoms with Crippen molar-refractivity contribution in [3.05, 3.63) is 12.4 Å². The minimum absolute atomic E-state index is 0.309. The van der Waals surface area contributed by atoms with Gasteiger partial charge in [0.05, 0.1) is 12.4 Å². The largest absolute Gasteiger partial charge is 0.574 e. The van der Waals surface area contributed by atoms with E-state index in [1.54, 1.807) is 0 Å². The van der Waals surface area contributed by atoms with Crippen LogP contribution < -0.4 is 10.1 Å². The summed E-state index contributed by atoms with van der Waals surface area (Å²) in [5.74, 6) is 1.97. The minimum Gasteiger partial charge on any atom is -0.386 e. The van der Waals surface area contributed by atoms with Crippen LogP contribution in [0.1, 0.15) is 6.42 Å². The average Bonchev–Trinajstić information content (AvgIpc) is 2.71. The lowest BCUT2D eigenvalue weighted by molar-refractivity contribution is -0.276. The van der Waals surface area contributed by atoms with Crippen molar-refractivity contribution in [2.75, 3.05) is 16.8 Å². The Morgan fingerprint density at radius 3 is 2.71 bits per heavy atom. The van der Waals surface area contributed by atoms with Gasteiger partial charge in [-0.05, 0) is 12.2 Å². The molecule has 8 heteroatoms. The van der Waals surface area contributed by atoms with Gasteiger partial charge >= 0.3 is 6.36 Å². The zero-order chi connectivity index (χ0) is 12.3. The van der Waals surface area contributed by atoms with Gasteiger partial charge in [0.15, 0.2) is 0 Å². The molecule has 1 unspecified atom stereocenters. The van der Waals surface area contributed by atoms with Gasteiger partial charge < -0.3 is 10.1 Å². The van der Waals surface area contributed by atoms with Crippen LogP contribution >= 0.6 is 11.8 Å². The van der Waals surface area contributed by atoms with E-state index < -0.39 is 12.2 Å². The number of anilines is 1. The number of rotatable bonds is 3. The Morgan fingerprint density at radius 1 is 1.35 bits per heavy atom. The van der Waals surface area contributed by atoms with Crippen molar-refractivity contribution in [1.82, 2.24) is 9.97 Å². The number of halogens is 3. The highest BCUT2D eigenvalue weighted by Gasteiger charge is 2.31. The third-order valence-corrected chi connectivity index (χ3v) is 3.29. The Kier molecular flexibility index (Phi) is 3.60. The Morgan fingerprint density at radius 2 is 2.18 bits per heavy atom. The van der Waals surface area contributed by atoms with Crippen molar-refractivity contribution in [3.63, 3.8) is 0 Å². The molecule has 2 rings (SSSR count). The summed E-state index contributed by atoms with van der Waals surface area (Å²) in [7, 11) is 0. The summed E-state index contributed by atoms with van der Waals surface area (Å²) in [6, 6.07) is 0.309. The normalized spacial score (nSPS) is 20.3. The Bertz CT molecular complexity index is 365. The quantitative estimate of drug-likeness (QED) is 0.908. The fourth-order valence-electron chi connectivity index (χ4n) is 1.42. The van der Waals surface area contributed by atoms with Crippen molar-refractivity contribution in [1.29, 1.82) is 0 Å². The molecule has 17 heavy (non-hydrogen) atoms. The van der Waals surface area contributed by atoms with Gasteiger partial charge in [0.2, 0.25) is 5.88 Å². The monoisotopic (exact) mass is 265 g/mol. The number of nitrogens with one attached hydrogen (secondary N) is 1. The van der Waals surface area contributed by atoms with Crippen molar-refractivity contribution < 1.29 is 17.9 Å². The van der Waals surface area contributed by atoms with Crippen molar-refractivity contribution in [2.24, 2.45) is 0 Å². The first-order chi connectivity index (χ1) is 8.03. The molecule has 1 aliphatic rings. The molecule has 1 N–H and O–H groups in total. The molecule has 94 valence electrons. The molecule has 0 aliphatic carbocycles. The molecule has 2 heterocycles. The van der Waals surface area contributed by atoms with Crippen LogP contribution in [-0.4, -0.2) is 33.9 Å². The molecular formula is C9H10F3N3OS. The maximum Gasteiger partial charge on any atom is 0.574 e. The first kappa shape index (κ1) is 12.3. The van der Waals surface area contributed by atoms with Crippen LogP contribution in [-0.2, 0) is 0 Å². The molecular weight excluding hydrogens is 255 g/mol. The fraction of sp³-hybridized carbons (Fsp3) is 0.556. The third-order valence-electron chi connectivity index (χ3n) is 2.13. The zero-order valence-electron chi connectivity index (χ0n) is 8.70. The minimum atomic E-state index is -4.73. The molecule has 0 amide bonds. The maximum atomic E-state index is 11.9. The average molecular weight is 265 g/mol. The molecule has 1 atom stereocenters. The molecule has 0 bridgehead atoms.